The van der Waals surface area contributed by atoms with Crippen molar-refractivity contribution in [1.82, 2.24) is 5.32 Å². The van der Waals surface area contributed by atoms with Gasteiger partial charge >= 0.3 is 0 Å². The molecule has 2 rings (SSSR count). The molecule has 1 aromatic carbocycles. The third-order valence-corrected chi connectivity index (χ3v) is 4.60. The maximum absolute atomic E-state index is 12.4. The minimum Gasteiger partial charge on any atom is -0.349 e. The zero-order chi connectivity index (χ0) is 15.4. The molecule has 3 atom stereocenters. The van der Waals surface area contributed by atoms with E-state index in [0.29, 0.717) is 30.0 Å². The Kier molecular flexibility index (Phi) is 5.03. The van der Waals surface area contributed by atoms with E-state index in [9.17, 15) is 4.79 Å². The number of carbonyl (C=O) groups excluding carboxylic acids is 1. The molecule has 0 heterocycles. The van der Waals surface area contributed by atoms with Crippen LogP contribution in [-0.2, 0) is 0 Å². The van der Waals surface area contributed by atoms with Gasteiger partial charge < -0.3 is 11.1 Å². The minimum atomic E-state index is 0.0161. The summed E-state index contributed by atoms with van der Waals surface area (Å²) in [5, 5.41) is 3.17. The van der Waals surface area contributed by atoms with E-state index < -0.39 is 0 Å². The first-order chi connectivity index (χ1) is 10.0. The number of nitrogens with one attached hydrogen (secondary N) is 1. The van der Waals surface area contributed by atoms with Crippen LogP contribution in [0.2, 0.25) is 0 Å². The molecule has 1 aromatic rings. The fourth-order valence-corrected chi connectivity index (χ4v) is 2.91. The first kappa shape index (κ1) is 15.6. The Balaban J connectivity index is 2.08. The molecular formula is C18H24N2O. The summed E-state index contributed by atoms with van der Waals surface area (Å²) < 4.78 is 0. The smallest absolute Gasteiger partial charge is 0.251 e. The molecule has 3 N–H and O–H groups in total. The van der Waals surface area contributed by atoms with Gasteiger partial charge in [-0.05, 0) is 55.4 Å². The highest BCUT2D eigenvalue weighted by Crippen LogP contribution is 2.31. The molecule has 0 aliphatic heterocycles. The molecule has 0 radical (unpaired) electrons. The zero-order valence-electron chi connectivity index (χ0n) is 13.1. The van der Waals surface area contributed by atoms with Crippen LogP contribution in [0.3, 0.4) is 0 Å². The van der Waals surface area contributed by atoms with Gasteiger partial charge in [0.25, 0.3) is 5.91 Å². The second-order valence-electron chi connectivity index (χ2n) is 6.03. The quantitative estimate of drug-likeness (QED) is 0.820. The molecule has 3 nitrogen and oxygen atoms in total. The van der Waals surface area contributed by atoms with E-state index in [2.05, 4.69) is 31.0 Å². The van der Waals surface area contributed by atoms with Crippen LogP contribution in [0, 0.1) is 30.6 Å². The van der Waals surface area contributed by atoms with E-state index in [-0.39, 0.29) is 5.91 Å². The minimum absolute atomic E-state index is 0.0161. The van der Waals surface area contributed by atoms with Gasteiger partial charge in [-0.25, -0.2) is 0 Å². The van der Waals surface area contributed by atoms with Crippen LogP contribution < -0.4 is 11.1 Å². The van der Waals surface area contributed by atoms with Gasteiger partial charge in [0.1, 0.15) is 0 Å². The Hall–Kier alpha value is -1.79. The molecule has 0 saturated heterocycles. The molecule has 1 aliphatic carbocycles. The predicted molar refractivity (Wildman–Crippen MR) is 85.9 cm³/mol. The lowest BCUT2D eigenvalue weighted by Gasteiger charge is -2.19. The van der Waals surface area contributed by atoms with Gasteiger partial charge in [0.15, 0.2) is 0 Å². The number of carbonyl (C=O) groups is 1. The SMILES string of the molecule is Cc1cc(C(=O)NC2CCC(C)C2C)ccc1C#CCN. The largest absolute Gasteiger partial charge is 0.349 e. The molecule has 3 unspecified atom stereocenters. The Morgan fingerprint density at radius 2 is 2.14 bits per heavy atom. The van der Waals surface area contributed by atoms with Crippen molar-refractivity contribution in [2.24, 2.45) is 17.6 Å². The lowest BCUT2D eigenvalue weighted by Crippen LogP contribution is -2.37. The molecule has 1 amide bonds. The van der Waals surface area contributed by atoms with Crippen molar-refractivity contribution in [3.63, 3.8) is 0 Å². The van der Waals surface area contributed by atoms with Gasteiger partial charge in [-0.3, -0.25) is 4.79 Å². The number of hydrogen-bond acceptors (Lipinski definition) is 2. The van der Waals surface area contributed by atoms with E-state index in [1.54, 1.807) is 0 Å². The fourth-order valence-electron chi connectivity index (χ4n) is 2.91. The lowest BCUT2D eigenvalue weighted by atomic mass is 9.97. The van der Waals surface area contributed by atoms with Crippen molar-refractivity contribution in [3.05, 3.63) is 34.9 Å². The first-order valence-corrected chi connectivity index (χ1v) is 7.63. The number of rotatable bonds is 2. The van der Waals surface area contributed by atoms with Crippen LogP contribution in [0.25, 0.3) is 0 Å². The summed E-state index contributed by atoms with van der Waals surface area (Å²) in [6, 6.07) is 5.93. The maximum atomic E-state index is 12.4. The second kappa shape index (κ2) is 6.78. The highest BCUT2D eigenvalue weighted by atomic mass is 16.1. The maximum Gasteiger partial charge on any atom is 0.251 e. The van der Waals surface area contributed by atoms with Crippen LogP contribution >= 0.6 is 0 Å². The highest BCUT2D eigenvalue weighted by Gasteiger charge is 2.30. The molecule has 0 aromatic heterocycles. The standard InChI is InChI=1S/C18H24N2O/c1-12-6-9-17(14(12)3)20-18(21)16-8-7-15(5-4-10-19)13(2)11-16/h7-8,11-12,14,17H,6,9-10,19H2,1-3H3,(H,20,21). The number of benzene rings is 1. The predicted octanol–water partition coefficient (Wildman–Crippen LogP) is 2.47. The van der Waals surface area contributed by atoms with Crippen LogP contribution in [0.15, 0.2) is 18.2 Å². The van der Waals surface area contributed by atoms with Crippen LogP contribution in [-0.4, -0.2) is 18.5 Å². The van der Waals surface area contributed by atoms with Crippen molar-refractivity contribution in [2.75, 3.05) is 6.54 Å². The first-order valence-electron chi connectivity index (χ1n) is 7.63. The fraction of sp³-hybridized carbons (Fsp3) is 0.500. The van der Waals surface area contributed by atoms with Crippen molar-refractivity contribution < 1.29 is 4.79 Å². The lowest BCUT2D eigenvalue weighted by molar-refractivity contribution is 0.0927. The number of amides is 1. The summed E-state index contributed by atoms with van der Waals surface area (Å²) in [4.78, 5) is 12.4. The number of nitrogens with two attached hydrogens (primary N) is 1. The molecule has 1 fully saturated rings. The van der Waals surface area contributed by atoms with E-state index in [0.717, 1.165) is 17.5 Å². The van der Waals surface area contributed by atoms with Crippen molar-refractivity contribution in [2.45, 2.75) is 39.7 Å². The van der Waals surface area contributed by atoms with Gasteiger partial charge in [-0.1, -0.05) is 25.7 Å². The average molecular weight is 284 g/mol. The summed E-state index contributed by atoms with van der Waals surface area (Å²) in [5.74, 6) is 7.11. The summed E-state index contributed by atoms with van der Waals surface area (Å²) in [6.45, 7) is 6.79. The zero-order valence-corrected chi connectivity index (χ0v) is 13.1. The van der Waals surface area contributed by atoms with Gasteiger partial charge in [0, 0.05) is 17.2 Å². The van der Waals surface area contributed by atoms with Crippen molar-refractivity contribution >= 4 is 5.91 Å². The molecule has 112 valence electrons. The van der Waals surface area contributed by atoms with E-state index >= 15 is 0 Å². The third-order valence-electron chi connectivity index (χ3n) is 4.60. The number of aryl methyl sites for hydroxylation is 1. The molecule has 1 saturated carbocycles. The van der Waals surface area contributed by atoms with Gasteiger partial charge in [0.2, 0.25) is 0 Å². The Morgan fingerprint density at radius 1 is 1.38 bits per heavy atom. The third kappa shape index (κ3) is 3.65. The average Bonchev–Trinajstić information content (AvgIpc) is 2.78. The van der Waals surface area contributed by atoms with E-state index in [1.807, 2.05) is 25.1 Å². The Bertz CT molecular complexity index is 583. The summed E-state index contributed by atoms with van der Waals surface area (Å²) in [5.41, 5.74) is 8.03. The highest BCUT2D eigenvalue weighted by molar-refractivity contribution is 5.94. The number of hydrogen-bond donors (Lipinski definition) is 2. The van der Waals surface area contributed by atoms with E-state index in [1.165, 1.54) is 6.42 Å². The van der Waals surface area contributed by atoms with E-state index in [4.69, 9.17) is 5.73 Å². The monoisotopic (exact) mass is 284 g/mol. The molecule has 21 heavy (non-hydrogen) atoms. The van der Waals surface area contributed by atoms with Crippen LogP contribution in [0.5, 0.6) is 0 Å². The van der Waals surface area contributed by atoms with Gasteiger partial charge in [-0.15, -0.1) is 0 Å². The molecular weight excluding hydrogens is 260 g/mol. The van der Waals surface area contributed by atoms with Gasteiger partial charge in [-0.2, -0.15) is 0 Å². The Labute approximate surface area is 127 Å². The molecule has 0 bridgehead atoms. The van der Waals surface area contributed by atoms with Crippen LogP contribution in [0.1, 0.15) is 48.2 Å². The summed E-state index contributed by atoms with van der Waals surface area (Å²) >= 11 is 0. The topological polar surface area (TPSA) is 55.1 Å². The van der Waals surface area contributed by atoms with Crippen molar-refractivity contribution in [1.29, 1.82) is 0 Å². The van der Waals surface area contributed by atoms with Gasteiger partial charge in [0.05, 0.1) is 6.54 Å². The summed E-state index contributed by atoms with van der Waals surface area (Å²) in [6.07, 6.45) is 2.27. The Morgan fingerprint density at radius 3 is 2.71 bits per heavy atom. The summed E-state index contributed by atoms with van der Waals surface area (Å²) in [7, 11) is 0. The molecule has 1 aliphatic rings. The van der Waals surface area contributed by atoms with Crippen molar-refractivity contribution in [3.8, 4) is 11.8 Å². The molecule has 3 heteroatoms. The molecule has 0 spiro atoms. The van der Waals surface area contributed by atoms with Crippen LogP contribution in [0.4, 0.5) is 0 Å². The second-order valence-corrected chi connectivity index (χ2v) is 6.03. The normalized spacial score (nSPS) is 24.3.